The molecule has 1 aromatic carbocycles. The fourth-order valence-electron chi connectivity index (χ4n) is 3.48. The third kappa shape index (κ3) is 2.77. The SMILES string of the molecule is O=C(c1ocnc1C(F)F)N1CCc2[nH]cnc2[C@H]1c1nc2cc(F)ccc2o1. The van der Waals surface area contributed by atoms with Crippen LogP contribution in [-0.4, -0.2) is 37.3 Å². The lowest BCUT2D eigenvalue weighted by atomic mass is 10.0. The Morgan fingerprint density at radius 3 is 3.00 bits per heavy atom. The Hall–Kier alpha value is -3.63. The van der Waals surface area contributed by atoms with Gasteiger partial charge in [-0.3, -0.25) is 4.79 Å². The Kier molecular flexibility index (Phi) is 3.89. The first kappa shape index (κ1) is 17.5. The van der Waals surface area contributed by atoms with E-state index in [1.807, 2.05) is 0 Å². The van der Waals surface area contributed by atoms with Gasteiger partial charge in [-0.1, -0.05) is 0 Å². The normalized spacial score (nSPS) is 16.6. The molecule has 11 heteroatoms. The van der Waals surface area contributed by atoms with Gasteiger partial charge in [-0.05, 0) is 12.1 Å². The number of amides is 1. The maximum Gasteiger partial charge on any atom is 0.292 e. The summed E-state index contributed by atoms with van der Waals surface area (Å²) in [5.74, 6) is -1.74. The van der Waals surface area contributed by atoms with Crippen molar-refractivity contribution in [3.05, 3.63) is 65.5 Å². The van der Waals surface area contributed by atoms with E-state index in [1.54, 1.807) is 0 Å². The molecular weight excluding hydrogens is 391 g/mol. The van der Waals surface area contributed by atoms with Crippen molar-refractivity contribution in [1.82, 2.24) is 24.8 Å². The van der Waals surface area contributed by atoms with E-state index in [0.29, 0.717) is 17.7 Å². The molecule has 0 bridgehead atoms. The summed E-state index contributed by atoms with van der Waals surface area (Å²) in [4.78, 5) is 29.3. The summed E-state index contributed by atoms with van der Waals surface area (Å²) in [6.45, 7) is 0.176. The summed E-state index contributed by atoms with van der Waals surface area (Å²) >= 11 is 0. The monoisotopic (exact) mass is 403 g/mol. The zero-order valence-electron chi connectivity index (χ0n) is 14.6. The second-order valence-corrected chi connectivity index (χ2v) is 6.45. The van der Waals surface area contributed by atoms with Gasteiger partial charge in [-0.25, -0.2) is 28.1 Å². The number of carbonyl (C=O) groups excluding carboxylic acids is 1. The lowest BCUT2D eigenvalue weighted by Crippen LogP contribution is -2.41. The average molecular weight is 403 g/mol. The van der Waals surface area contributed by atoms with Crippen molar-refractivity contribution in [3.63, 3.8) is 0 Å². The van der Waals surface area contributed by atoms with E-state index in [2.05, 4.69) is 19.9 Å². The highest BCUT2D eigenvalue weighted by molar-refractivity contribution is 5.93. The number of fused-ring (bicyclic) bond motifs is 2. The minimum absolute atomic E-state index is 0.0881. The Morgan fingerprint density at radius 1 is 1.31 bits per heavy atom. The van der Waals surface area contributed by atoms with E-state index >= 15 is 0 Å². The van der Waals surface area contributed by atoms with Crippen LogP contribution < -0.4 is 0 Å². The summed E-state index contributed by atoms with van der Waals surface area (Å²) < 4.78 is 50.6. The van der Waals surface area contributed by atoms with Crippen LogP contribution in [0.4, 0.5) is 13.2 Å². The molecule has 148 valence electrons. The molecule has 0 saturated heterocycles. The molecule has 1 amide bonds. The largest absolute Gasteiger partial charge is 0.438 e. The van der Waals surface area contributed by atoms with Crippen molar-refractivity contribution in [3.8, 4) is 0 Å². The number of carbonyl (C=O) groups is 1. The zero-order chi connectivity index (χ0) is 20.1. The maximum absolute atomic E-state index is 13.5. The van der Waals surface area contributed by atoms with Crippen LogP contribution in [0, 0.1) is 5.82 Å². The molecule has 0 spiro atoms. The summed E-state index contributed by atoms with van der Waals surface area (Å²) in [6, 6.07) is 2.95. The number of rotatable bonds is 3. The fraction of sp³-hybridized carbons (Fsp3) is 0.222. The number of hydrogen-bond donors (Lipinski definition) is 1. The molecule has 4 aromatic rings. The maximum atomic E-state index is 13.5. The minimum Gasteiger partial charge on any atom is -0.438 e. The third-order valence-electron chi connectivity index (χ3n) is 4.78. The van der Waals surface area contributed by atoms with Crippen LogP contribution in [-0.2, 0) is 6.42 Å². The summed E-state index contributed by atoms with van der Waals surface area (Å²) in [6.07, 6.45) is -0.280. The van der Waals surface area contributed by atoms with Gasteiger partial charge in [0.15, 0.2) is 23.7 Å². The molecule has 0 fully saturated rings. The first-order valence-corrected chi connectivity index (χ1v) is 8.63. The highest BCUT2D eigenvalue weighted by atomic mass is 19.3. The lowest BCUT2D eigenvalue weighted by Gasteiger charge is -2.32. The van der Waals surface area contributed by atoms with Gasteiger partial charge in [0.05, 0.1) is 12.0 Å². The number of aromatic nitrogens is 4. The first-order chi connectivity index (χ1) is 14.0. The molecule has 1 aliphatic heterocycles. The van der Waals surface area contributed by atoms with Gasteiger partial charge >= 0.3 is 0 Å². The molecule has 0 saturated carbocycles. The van der Waals surface area contributed by atoms with Crippen LogP contribution >= 0.6 is 0 Å². The van der Waals surface area contributed by atoms with E-state index in [1.165, 1.54) is 29.4 Å². The highest BCUT2D eigenvalue weighted by Gasteiger charge is 2.40. The molecule has 4 heterocycles. The molecule has 0 unspecified atom stereocenters. The zero-order valence-corrected chi connectivity index (χ0v) is 14.6. The van der Waals surface area contributed by atoms with Gasteiger partial charge in [0.2, 0.25) is 11.7 Å². The van der Waals surface area contributed by atoms with Crippen LogP contribution in [0.5, 0.6) is 0 Å². The van der Waals surface area contributed by atoms with Crippen LogP contribution in [0.25, 0.3) is 11.1 Å². The first-order valence-electron chi connectivity index (χ1n) is 8.63. The fourth-order valence-corrected chi connectivity index (χ4v) is 3.48. The number of oxazole rings is 2. The van der Waals surface area contributed by atoms with Crippen molar-refractivity contribution in [2.24, 2.45) is 0 Å². The van der Waals surface area contributed by atoms with Crippen molar-refractivity contribution in [1.29, 1.82) is 0 Å². The molecule has 0 aliphatic carbocycles. The van der Waals surface area contributed by atoms with Crippen LogP contribution in [0.2, 0.25) is 0 Å². The second kappa shape index (κ2) is 6.47. The van der Waals surface area contributed by atoms with Crippen LogP contribution in [0.1, 0.15) is 46.0 Å². The predicted molar refractivity (Wildman–Crippen MR) is 90.6 cm³/mol. The van der Waals surface area contributed by atoms with E-state index in [-0.39, 0.29) is 18.0 Å². The van der Waals surface area contributed by atoms with E-state index < -0.39 is 35.6 Å². The Labute approximate surface area is 160 Å². The average Bonchev–Trinajstić information content (AvgIpc) is 3.43. The van der Waals surface area contributed by atoms with Crippen LogP contribution in [0.3, 0.4) is 0 Å². The van der Waals surface area contributed by atoms with Gasteiger partial charge in [-0.2, -0.15) is 0 Å². The third-order valence-corrected chi connectivity index (χ3v) is 4.78. The quantitative estimate of drug-likeness (QED) is 0.563. The number of imidazole rings is 1. The molecule has 1 N–H and O–H groups in total. The smallest absolute Gasteiger partial charge is 0.292 e. The summed E-state index contributed by atoms with van der Waals surface area (Å²) in [7, 11) is 0. The number of benzene rings is 1. The molecular formula is C18H12F3N5O3. The number of nitrogens with one attached hydrogen (secondary N) is 1. The van der Waals surface area contributed by atoms with Gasteiger partial charge in [0.1, 0.15) is 11.3 Å². The Morgan fingerprint density at radius 2 is 2.17 bits per heavy atom. The minimum atomic E-state index is -2.97. The Balaban J connectivity index is 1.62. The Bertz CT molecular complexity index is 1210. The van der Waals surface area contributed by atoms with Crippen molar-refractivity contribution < 1.29 is 26.8 Å². The molecule has 0 radical (unpaired) electrons. The molecule has 1 atom stereocenters. The molecule has 1 aliphatic rings. The van der Waals surface area contributed by atoms with E-state index in [0.717, 1.165) is 12.1 Å². The van der Waals surface area contributed by atoms with Gasteiger partial charge in [-0.15, -0.1) is 0 Å². The number of halogens is 3. The van der Waals surface area contributed by atoms with Crippen molar-refractivity contribution >= 4 is 17.0 Å². The van der Waals surface area contributed by atoms with Crippen LogP contribution in [0.15, 0.2) is 39.8 Å². The summed E-state index contributed by atoms with van der Waals surface area (Å²) in [5, 5.41) is 0. The number of H-pyrrole nitrogens is 1. The number of nitrogens with zero attached hydrogens (tertiary/aromatic N) is 4. The van der Waals surface area contributed by atoms with E-state index in [9.17, 15) is 18.0 Å². The molecule has 5 rings (SSSR count). The lowest BCUT2D eigenvalue weighted by molar-refractivity contribution is 0.0620. The number of aromatic amines is 1. The topological polar surface area (TPSA) is 101 Å². The van der Waals surface area contributed by atoms with Gasteiger partial charge in [0, 0.05) is 24.7 Å². The molecule has 8 nitrogen and oxygen atoms in total. The van der Waals surface area contributed by atoms with Crippen molar-refractivity contribution in [2.45, 2.75) is 18.9 Å². The summed E-state index contributed by atoms with van der Waals surface area (Å²) in [5.41, 5.74) is 1.09. The molecule has 3 aromatic heterocycles. The molecule has 29 heavy (non-hydrogen) atoms. The second-order valence-electron chi connectivity index (χ2n) is 6.45. The number of alkyl halides is 2. The van der Waals surface area contributed by atoms with E-state index in [4.69, 9.17) is 8.83 Å². The van der Waals surface area contributed by atoms with Gasteiger partial charge in [0.25, 0.3) is 12.3 Å². The van der Waals surface area contributed by atoms with Gasteiger partial charge < -0.3 is 18.7 Å². The highest BCUT2D eigenvalue weighted by Crippen LogP contribution is 2.36. The predicted octanol–water partition coefficient (Wildman–Crippen LogP) is 3.40. The van der Waals surface area contributed by atoms with Crippen molar-refractivity contribution in [2.75, 3.05) is 6.54 Å². The number of hydrogen-bond acceptors (Lipinski definition) is 6. The standard InChI is InChI=1S/C18H12F3N5O3/c19-8-1-2-11-10(5-8)25-17(29-11)14-12-9(22-6-23-12)3-4-26(14)18(27)15-13(16(20)21)24-7-28-15/h1-2,5-7,14,16H,3-4H2,(H,22,23)/t14-/m0/s1.